The first-order chi connectivity index (χ1) is 12.2. The fourth-order valence-corrected chi connectivity index (χ4v) is 3.06. The highest BCUT2D eigenvalue weighted by molar-refractivity contribution is 5.77. The molecule has 5 nitrogen and oxygen atoms in total. The van der Waals surface area contributed by atoms with Crippen LogP contribution < -0.4 is 14.8 Å². The summed E-state index contributed by atoms with van der Waals surface area (Å²) in [4.78, 5) is 16.2. The number of aromatic nitrogens is 1. The van der Waals surface area contributed by atoms with E-state index in [2.05, 4.69) is 17.2 Å². The molecule has 1 aliphatic carbocycles. The average Bonchev–Trinajstić information content (AvgIpc) is 2.64. The normalized spacial score (nSPS) is 19.9. The number of pyridine rings is 1. The van der Waals surface area contributed by atoms with Gasteiger partial charge in [-0.05, 0) is 49.1 Å². The summed E-state index contributed by atoms with van der Waals surface area (Å²) in [5, 5.41) is 3.09. The van der Waals surface area contributed by atoms with Crippen molar-refractivity contribution in [2.24, 2.45) is 5.92 Å². The molecule has 2 atom stereocenters. The third-order valence-electron chi connectivity index (χ3n) is 4.51. The summed E-state index contributed by atoms with van der Waals surface area (Å²) < 4.78 is 11.2. The van der Waals surface area contributed by atoms with E-state index >= 15 is 0 Å². The topological polar surface area (TPSA) is 60.5 Å². The molecule has 0 radical (unpaired) electrons. The largest absolute Gasteiger partial charge is 0.484 e. The molecular formula is C20H24N2O3. The lowest BCUT2D eigenvalue weighted by Gasteiger charge is -2.29. The maximum absolute atomic E-state index is 12.1. The van der Waals surface area contributed by atoms with Gasteiger partial charge in [0.1, 0.15) is 11.5 Å². The summed E-state index contributed by atoms with van der Waals surface area (Å²) in [7, 11) is 0. The van der Waals surface area contributed by atoms with Gasteiger partial charge in [0.25, 0.3) is 5.91 Å². The molecule has 1 fully saturated rings. The standard InChI is InChI=1S/C20H24N2O3/c1-15-6-2-3-7-18(15)22-19(23)14-24-16-9-11-17(12-10-16)25-20-8-4-5-13-21-20/h4-5,8-13,15,18H,2-3,6-7,14H2,1H3,(H,22,23)/t15-,18-/m0/s1. The maximum atomic E-state index is 12.1. The second-order valence-electron chi connectivity index (χ2n) is 6.47. The molecule has 0 unspecified atom stereocenters. The summed E-state index contributed by atoms with van der Waals surface area (Å²) in [6.07, 6.45) is 6.37. The van der Waals surface area contributed by atoms with Crippen molar-refractivity contribution in [3.63, 3.8) is 0 Å². The minimum Gasteiger partial charge on any atom is -0.484 e. The van der Waals surface area contributed by atoms with Crippen molar-refractivity contribution in [1.82, 2.24) is 10.3 Å². The van der Waals surface area contributed by atoms with Crippen LogP contribution in [0.2, 0.25) is 0 Å². The van der Waals surface area contributed by atoms with Crippen LogP contribution in [0.4, 0.5) is 0 Å². The van der Waals surface area contributed by atoms with Crippen LogP contribution in [0.25, 0.3) is 0 Å². The van der Waals surface area contributed by atoms with E-state index in [-0.39, 0.29) is 18.6 Å². The predicted octanol–water partition coefficient (Wildman–Crippen LogP) is 3.95. The molecule has 0 aliphatic heterocycles. The number of rotatable bonds is 6. The minimum atomic E-state index is -0.0624. The summed E-state index contributed by atoms with van der Waals surface area (Å²) in [6, 6.07) is 12.9. The summed E-state index contributed by atoms with van der Waals surface area (Å²) >= 11 is 0. The Morgan fingerprint density at radius 1 is 1.12 bits per heavy atom. The Kier molecular flexibility index (Phi) is 5.88. The van der Waals surface area contributed by atoms with Gasteiger partial charge in [0.2, 0.25) is 5.88 Å². The number of carbonyl (C=O) groups is 1. The van der Waals surface area contributed by atoms with E-state index in [0.29, 0.717) is 23.3 Å². The van der Waals surface area contributed by atoms with Crippen LogP contribution in [0.1, 0.15) is 32.6 Å². The highest BCUT2D eigenvalue weighted by Gasteiger charge is 2.22. The van der Waals surface area contributed by atoms with Crippen molar-refractivity contribution < 1.29 is 14.3 Å². The lowest BCUT2D eigenvalue weighted by atomic mass is 9.86. The molecule has 0 bridgehead atoms. The molecule has 1 N–H and O–H groups in total. The number of amides is 1. The minimum absolute atomic E-state index is 0.0314. The van der Waals surface area contributed by atoms with Crippen molar-refractivity contribution in [2.45, 2.75) is 38.6 Å². The van der Waals surface area contributed by atoms with Crippen molar-refractivity contribution in [2.75, 3.05) is 6.61 Å². The number of hydrogen-bond donors (Lipinski definition) is 1. The van der Waals surface area contributed by atoms with Gasteiger partial charge in [-0.15, -0.1) is 0 Å². The highest BCUT2D eigenvalue weighted by Crippen LogP contribution is 2.24. The van der Waals surface area contributed by atoms with E-state index in [4.69, 9.17) is 9.47 Å². The zero-order chi connectivity index (χ0) is 17.5. The van der Waals surface area contributed by atoms with Gasteiger partial charge in [-0.2, -0.15) is 0 Å². The van der Waals surface area contributed by atoms with Crippen molar-refractivity contribution in [3.8, 4) is 17.4 Å². The first-order valence-electron chi connectivity index (χ1n) is 8.82. The van der Waals surface area contributed by atoms with Gasteiger partial charge in [0.05, 0.1) is 0 Å². The first-order valence-corrected chi connectivity index (χ1v) is 8.82. The van der Waals surface area contributed by atoms with Crippen LogP contribution in [0.3, 0.4) is 0 Å². The molecule has 0 saturated heterocycles. The van der Waals surface area contributed by atoms with Gasteiger partial charge < -0.3 is 14.8 Å². The van der Waals surface area contributed by atoms with E-state index < -0.39 is 0 Å². The van der Waals surface area contributed by atoms with E-state index in [9.17, 15) is 4.79 Å². The Morgan fingerprint density at radius 3 is 2.60 bits per heavy atom. The maximum Gasteiger partial charge on any atom is 0.258 e. The SMILES string of the molecule is C[C@H]1CCCC[C@@H]1NC(=O)COc1ccc(Oc2ccccn2)cc1. The molecule has 1 aromatic heterocycles. The monoisotopic (exact) mass is 340 g/mol. The molecule has 132 valence electrons. The second-order valence-corrected chi connectivity index (χ2v) is 6.47. The Balaban J connectivity index is 1.46. The third-order valence-corrected chi connectivity index (χ3v) is 4.51. The van der Waals surface area contributed by atoms with E-state index in [1.165, 1.54) is 19.3 Å². The van der Waals surface area contributed by atoms with Gasteiger partial charge in [-0.3, -0.25) is 4.79 Å². The molecule has 2 aromatic rings. The first kappa shape index (κ1) is 17.3. The molecule has 5 heteroatoms. The lowest BCUT2D eigenvalue weighted by Crippen LogP contribution is -2.43. The Labute approximate surface area is 148 Å². The predicted molar refractivity (Wildman–Crippen MR) is 95.8 cm³/mol. The Hall–Kier alpha value is -2.56. The molecular weight excluding hydrogens is 316 g/mol. The highest BCUT2D eigenvalue weighted by atomic mass is 16.5. The number of hydrogen-bond acceptors (Lipinski definition) is 4. The number of ether oxygens (including phenoxy) is 2. The number of carbonyl (C=O) groups excluding carboxylic acids is 1. The third kappa shape index (κ3) is 5.21. The van der Waals surface area contributed by atoms with Crippen molar-refractivity contribution in [1.29, 1.82) is 0 Å². The Morgan fingerprint density at radius 2 is 1.88 bits per heavy atom. The van der Waals surface area contributed by atoms with Crippen LogP contribution in [-0.4, -0.2) is 23.5 Å². The van der Waals surface area contributed by atoms with Crippen molar-refractivity contribution >= 4 is 5.91 Å². The van der Waals surface area contributed by atoms with Gasteiger partial charge >= 0.3 is 0 Å². The molecule has 1 saturated carbocycles. The zero-order valence-corrected chi connectivity index (χ0v) is 14.5. The fraction of sp³-hybridized carbons (Fsp3) is 0.400. The van der Waals surface area contributed by atoms with Gasteiger partial charge in [-0.25, -0.2) is 4.98 Å². The smallest absolute Gasteiger partial charge is 0.258 e. The molecule has 1 heterocycles. The van der Waals surface area contributed by atoms with Crippen LogP contribution in [0, 0.1) is 5.92 Å². The van der Waals surface area contributed by atoms with Crippen LogP contribution >= 0.6 is 0 Å². The Bertz CT molecular complexity index is 673. The zero-order valence-electron chi connectivity index (χ0n) is 14.5. The van der Waals surface area contributed by atoms with E-state index in [1.807, 2.05) is 12.1 Å². The molecule has 1 aliphatic rings. The second kappa shape index (κ2) is 8.51. The van der Waals surface area contributed by atoms with Gasteiger partial charge in [0, 0.05) is 18.3 Å². The van der Waals surface area contributed by atoms with Crippen molar-refractivity contribution in [3.05, 3.63) is 48.7 Å². The summed E-state index contributed by atoms with van der Waals surface area (Å²) in [5.74, 6) is 2.33. The van der Waals surface area contributed by atoms with E-state index in [1.54, 1.807) is 36.5 Å². The summed E-state index contributed by atoms with van der Waals surface area (Å²) in [5.41, 5.74) is 0. The number of benzene rings is 1. The summed E-state index contributed by atoms with van der Waals surface area (Å²) in [6.45, 7) is 2.23. The fourth-order valence-electron chi connectivity index (χ4n) is 3.06. The molecule has 3 rings (SSSR count). The molecule has 25 heavy (non-hydrogen) atoms. The average molecular weight is 340 g/mol. The quantitative estimate of drug-likeness (QED) is 0.865. The van der Waals surface area contributed by atoms with Crippen LogP contribution in [0.5, 0.6) is 17.4 Å². The molecule has 1 amide bonds. The van der Waals surface area contributed by atoms with Gasteiger partial charge in [0.15, 0.2) is 6.61 Å². The molecule has 0 spiro atoms. The van der Waals surface area contributed by atoms with Crippen LogP contribution in [-0.2, 0) is 4.79 Å². The van der Waals surface area contributed by atoms with Crippen LogP contribution in [0.15, 0.2) is 48.7 Å². The number of nitrogens with zero attached hydrogens (tertiary/aromatic N) is 1. The molecule has 1 aromatic carbocycles. The van der Waals surface area contributed by atoms with E-state index in [0.717, 1.165) is 6.42 Å². The lowest BCUT2D eigenvalue weighted by molar-refractivity contribution is -0.124. The number of nitrogens with one attached hydrogen (secondary N) is 1. The van der Waals surface area contributed by atoms with Gasteiger partial charge in [-0.1, -0.05) is 25.8 Å².